The minimum absolute atomic E-state index is 0.0872. The Balaban J connectivity index is 2.30. The SMILES string of the molecule is CCOC(=O)CC(C)CCc1ccc(Br)cc1. The number of hydrogen-bond acceptors (Lipinski definition) is 2. The number of esters is 1. The number of halogens is 1. The zero-order valence-corrected chi connectivity index (χ0v) is 12.0. The van der Waals surface area contributed by atoms with Crippen molar-refractivity contribution in [3.8, 4) is 0 Å². The highest BCUT2D eigenvalue weighted by Gasteiger charge is 2.09. The van der Waals surface area contributed by atoms with Gasteiger partial charge in [-0.15, -0.1) is 0 Å². The molecule has 17 heavy (non-hydrogen) atoms. The van der Waals surface area contributed by atoms with E-state index in [1.807, 2.05) is 19.1 Å². The number of ether oxygens (including phenoxy) is 1. The molecule has 0 fully saturated rings. The first-order valence-corrected chi connectivity index (χ1v) is 6.81. The maximum atomic E-state index is 11.3. The average molecular weight is 299 g/mol. The molecule has 0 amide bonds. The van der Waals surface area contributed by atoms with Gasteiger partial charge in [-0.2, -0.15) is 0 Å². The molecule has 0 radical (unpaired) electrons. The van der Waals surface area contributed by atoms with Crippen LogP contribution in [-0.2, 0) is 16.0 Å². The van der Waals surface area contributed by atoms with Crippen LogP contribution in [0, 0.1) is 5.92 Å². The summed E-state index contributed by atoms with van der Waals surface area (Å²) in [5.41, 5.74) is 1.31. The van der Waals surface area contributed by atoms with Crippen molar-refractivity contribution >= 4 is 21.9 Å². The van der Waals surface area contributed by atoms with E-state index in [4.69, 9.17) is 4.74 Å². The molecule has 0 saturated heterocycles. The van der Waals surface area contributed by atoms with Crippen LogP contribution in [0.2, 0.25) is 0 Å². The van der Waals surface area contributed by atoms with Gasteiger partial charge in [0, 0.05) is 10.9 Å². The van der Waals surface area contributed by atoms with E-state index in [-0.39, 0.29) is 5.97 Å². The fourth-order valence-corrected chi connectivity index (χ4v) is 1.93. The number of carbonyl (C=O) groups is 1. The smallest absolute Gasteiger partial charge is 0.306 e. The largest absolute Gasteiger partial charge is 0.466 e. The monoisotopic (exact) mass is 298 g/mol. The summed E-state index contributed by atoms with van der Waals surface area (Å²) in [6, 6.07) is 8.32. The van der Waals surface area contributed by atoms with E-state index in [1.165, 1.54) is 5.56 Å². The highest BCUT2D eigenvalue weighted by molar-refractivity contribution is 9.10. The van der Waals surface area contributed by atoms with Crippen LogP contribution in [0.25, 0.3) is 0 Å². The van der Waals surface area contributed by atoms with Crippen LogP contribution in [-0.4, -0.2) is 12.6 Å². The average Bonchev–Trinajstić information content (AvgIpc) is 2.28. The first-order chi connectivity index (χ1) is 8.11. The lowest BCUT2D eigenvalue weighted by Crippen LogP contribution is -2.10. The number of rotatable bonds is 6. The van der Waals surface area contributed by atoms with Gasteiger partial charge >= 0.3 is 5.97 Å². The summed E-state index contributed by atoms with van der Waals surface area (Å²) in [6.45, 7) is 4.40. The van der Waals surface area contributed by atoms with Crippen LogP contribution in [0.4, 0.5) is 0 Å². The molecule has 0 bridgehead atoms. The van der Waals surface area contributed by atoms with Gasteiger partial charge in [0.2, 0.25) is 0 Å². The third kappa shape index (κ3) is 5.87. The molecule has 1 unspecified atom stereocenters. The summed E-state index contributed by atoms with van der Waals surface area (Å²) in [5, 5.41) is 0. The molecule has 94 valence electrons. The van der Waals surface area contributed by atoms with E-state index in [2.05, 4.69) is 35.0 Å². The molecule has 1 rings (SSSR count). The maximum absolute atomic E-state index is 11.3. The fourth-order valence-electron chi connectivity index (χ4n) is 1.67. The van der Waals surface area contributed by atoms with Crippen LogP contribution in [0.1, 0.15) is 32.3 Å². The first kappa shape index (κ1) is 14.2. The summed E-state index contributed by atoms with van der Waals surface area (Å²) in [4.78, 5) is 11.3. The Labute approximate surface area is 111 Å². The molecule has 1 aromatic carbocycles. The van der Waals surface area contributed by atoms with Gasteiger partial charge in [-0.1, -0.05) is 35.0 Å². The second kappa shape index (κ2) is 7.49. The molecule has 0 saturated carbocycles. The standard InChI is InChI=1S/C14H19BrO2/c1-3-17-14(16)10-11(2)4-5-12-6-8-13(15)9-7-12/h6-9,11H,3-5,10H2,1-2H3. The Morgan fingerprint density at radius 3 is 2.59 bits per heavy atom. The Kier molecular flexibility index (Phi) is 6.27. The lowest BCUT2D eigenvalue weighted by atomic mass is 9.98. The minimum atomic E-state index is -0.0872. The topological polar surface area (TPSA) is 26.3 Å². The van der Waals surface area contributed by atoms with Crippen molar-refractivity contribution in [2.75, 3.05) is 6.61 Å². The normalized spacial score (nSPS) is 12.2. The van der Waals surface area contributed by atoms with Crippen molar-refractivity contribution in [3.05, 3.63) is 34.3 Å². The quantitative estimate of drug-likeness (QED) is 0.743. The molecule has 3 heteroatoms. The highest BCUT2D eigenvalue weighted by Crippen LogP contribution is 2.16. The van der Waals surface area contributed by atoms with Crippen molar-refractivity contribution in [2.24, 2.45) is 5.92 Å². The first-order valence-electron chi connectivity index (χ1n) is 6.02. The predicted octanol–water partition coefficient (Wildman–Crippen LogP) is 3.97. The fraction of sp³-hybridized carbons (Fsp3) is 0.500. The molecule has 0 aliphatic heterocycles. The molecule has 0 spiro atoms. The number of benzene rings is 1. The van der Waals surface area contributed by atoms with E-state index in [1.54, 1.807) is 0 Å². The van der Waals surface area contributed by atoms with E-state index in [0.717, 1.165) is 17.3 Å². The summed E-state index contributed by atoms with van der Waals surface area (Å²) < 4.78 is 6.03. The minimum Gasteiger partial charge on any atom is -0.466 e. The van der Waals surface area contributed by atoms with Crippen LogP contribution in [0.5, 0.6) is 0 Å². The summed E-state index contributed by atoms with van der Waals surface area (Å²) in [7, 11) is 0. The lowest BCUT2D eigenvalue weighted by Gasteiger charge is -2.10. The maximum Gasteiger partial charge on any atom is 0.306 e. The second-order valence-corrected chi connectivity index (χ2v) is 5.20. The molecule has 1 aromatic rings. The molecule has 2 nitrogen and oxygen atoms in total. The Morgan fingerprint density at radius 2 is 2.00 bits per heavy atom. The van der Waals surface area contributed by atoms with Gasteiger partial charge in [-0.3, -0.25) is 4.79 Å². The second-order valence-electron chi connectivity index (χ2n) is 4.28. The molecule has 0 aliphatic carbocycles. The third-order valence-electron chi connectivity index (χ3n) is 2.66. The van der Waals surface area contributed by atoms with E-state index < -0.39 is 0 Å². The molecule has 0 aliphatic rings. The zero-order chi connectivity index (χ0) is 12.7. The van der Waals surface area contributed by atoms with Crippen LogP contribution >= 0.6 is 15.9 Å². The summed E-state index contributed by atoms with van der Waals surface area (Å²) in [6.07, 6.45) is 2.54. The number of carbonyl (C=O) groups excluding carboxylic acids is 1. The van der Waals surface area contributed by atoms with Gasteiger partial charge in [-0.05, 0) is 43.4 Å². The molecular formula is C14H19BrO2. The van der Waals surface area contributed by atoms with Gasteiger partial charge in [0.1, 0.15) is 0 Å². The zero-order valence-electron chi connectivity index (χ0n) is 10.4. The summed E-state index contributed by atoms with van der Waals surface area (Å²) >= 11 is 3.41. The van der Waals surface area contributed by atoms with Gasteiger partial charge in [0.05, 0.1) is 6.61 Å². The van der Waals surface area contributed by atoms with Crippen molar-refractivity contribution in [3.63, 3.8) is 0 Å². The van der Waals surface area contributed by atoms with Crippen LogP contribution < -0.4 is 0 Å². The third-order valence-corrected chi connectivity index (χ3v) is 3.19. The molecule has 0 aromatic heterocycles. The molecule has 0 N–H and O–H groups in total. The van der Waals surface area contributed by atoms with Crippen molar-refractivity contribution in [2.45, 2.75) is 33.1 Å². The predicted molar refractivity (Wildman–Crippen MR) is 72.9 cm³/mol. The number of aryl methyl sites for hydroxylation is 1. The van der Waals surface area contributed by atoms with E-state index >= 15 is 0 Å². The van der Waals surface area contributed by atoms with Gasteiger partial charge in [0.25, 0.3) is 0 Å². The van der Waals surface area contributed by atoms with Crippen molar-refractivity contribution in [1.29, 1.82) is 0 Å². The van der Waals surface area contributed by atoms with Crippen LogP contribution in [0.3, 0.4) is 0 Å². The summed E-state index contributed by atoms with van der Waals surface area (Å²) in [5.74, 6) is 0.286. The Morgan fingerprint density at radius 1 is 1.35 bits per heavy atom. The lowest BCUT2D eigenvalue weighted by molar-refractivity contribution is -0.144. The number of hydrogen-bond donors (Lipinski definition) is 0. The van der Waals surface area contributed by atoms with Crippen molar-refractivity contribution < 1.29 is 9.53 Å². The van der Waals surface area contributed by atoms with Crippen molar-refractivity contribution in [1.82, 2.24) is 0 Å². The highest BCUT2D eigenvalue weighted by atomic mass is 79.9. The molecule has 1 atom stereocenters. The molecular weight excluding hydrogens is 280 g/mol. The Hall–Kier alpha value is -0.830. The van der Waals surface area contributed by atoms with E-state index in [9.17, 15) is 4.79 Å². The van der Waals surface area contributed by atoms with Gasteiger partial charge < -0.3 is 4.74 Å². The molecule has 0 heterocycles. The van der Waals surface area contributed by atoms with Gasteiger partial charge in [0.15, 0.2) is 0 Å². The van der Waals surface area contributed by atoms with E-state index in [0.29, 0.717) is 18.9 Å². The van der Waals surface area contributed by atoms with Crippen LogP contribution in [0.15, 0.2) is 28.7 Å². The Bertz CT molecular complexity index is 346. The van der Waals surface area contributed by atoms with Gasteiger partial charge in [-0.25, -0.2) is 0 Å².